The van der Waals surface area contributed by atoms with Crippen LogP contribution in [0.1, 0.15) is 16.7 Å². The van der Waals surface area contributed by atoms with Crippen LogP contribution in [0.15, 0.2) is 60.8 Å². The number of aryl methyl sites for hydroxylation is 2. The Balaban J connectivity index is 1.75. The first-order valence-electron chi connectivity index (χ1n) is 8.68. The van der Waals surface area contributed by atoms with Gasteiger partial charge in [-0.2, -0.15) is 13.2 Å². The third kappa shape index (κ3) is 5.25. The van der Waals surface area contributed by atoms with Crippen LogP contribution >= 0.6 is 0 Å². The van der Waals surface area contributed by atoms with Crippen LogP contribution in [-0.4, -0.2) is 11.0 Å². The Morgan fingerprint density at radius 3 is 2.48 bits per heavy atom. The van der Waals surface area contributed by atoms with E-state index < -0.39 is 17.8 Å². The maximum Gasteiger partial charge on any atom is 0.416 e. The molecular weight excluding hydrogens is 383 g/mol. The van der Waals surface area contributed by atoms with Gasteiger partial charge in [0.15, 0.2) is 0 Å². The van der Waals surface area contributed by atoms with E-state index >= 15 is 0 Å². The molecule has 5 nitrogen and oxygen atoms in total. The number of carbonyl (C=O) groups excluding carboxylic acids is 1. The lowest BCUT2D eigenvalue weighted by Gasteiger charge is -2.13. The molecule has 150 valence electrons. The van der Waals surface area contributed by atoms with E-state index in [2.05, 4.69) is 15.6 Å². The van der Waals surface area contributed by atoms with Gasteiger partial charge in [-0.05, 0) is 67.4 Å². The highest BCUT2D eigenvalue weighted by Gasteiger charge is 2.30. The Hall–Kier alpha value is -3.55. The molecule has 2 amide bonds. The largest absolute Gasteiger partial charge is 0.437 e. The van der Waals surface area contributed by atoms with E-state index in [0.717, 1.165) is 23.3 Å². The van der Waals surface area contributed by atoms with Crippen LogP contribution < -0.4 is 15.4 Å². The van der Waals surface area contributed by atoms with Crippen molar-refractivity contribution in [1.29, 1.82) is 0 Å². The number of ether oxygens (including phenoxy) is 1. The Kier molecular flexibility index (Phi) is 5.72. The van der Waals surface area contributed by atoms with Crippen LogP contribution in [-0.2, 0) is 6.18 Å². The van der Waals surface area contributed by atoms with E-state index in [4.69, 9.17) is 4.74 Å². The minimum Gasteiger partial charge on any atom is -0.437 e. The van der Waals surface area contributed by atoms with E-state index in [0.29, 0.717) is 5.69 Å². The first kappa shape index (κ1) is 20.2. The molecule has 0 fully saturated rings. The fourth-order valence-electron chi connectivity index (χ4n) is 2.52. The molecule has 0 atom stereocenters. The Morgan fingerprint density at radius 2 is 1.76 bits per heavy atom. The number of urea groups is 1. The van der Waals surface area contributed by atoms with Crippen LogP contribution in [0, 0.1) is 13.8 Å². The topological polar surface area (TPSA) is 63.2 Å². The Labute approximate surface area is 165 Å². The maximum absolute atomic E-state index is 12.9. The predicted octanol–water partition coefficient (Wildman–Crippen LogP) is 6.15. The quantitative estimate of drug-likeness (QED) is 0.551. The maximum atomic E-state index is 12.9. The lowest BCUT2D eigenvalue weighted by molar-refractivity contribution is -0.137. The summed E-state index contributed by atoms with van der Waals surface area (Å²) in [6.45, 7) is 3.90. The highest BCUT2D eigenvalue weighted by molar-refractivity contribution is 6.00. The lowest BCUT2D eigenvalue weighted by Crippen LogP contribution is -2.20. The summed E-state index contributed by atoms with van der Waals surface area (Å²) >= 11 is 0. The Bertz CT molecular complexity index is 1040. The first-order chi connectivity index (χ1) is 13.7. The van der Waals surface area contributed by atoms with Crippen molar-refractivity contribution >= 4 is 17.4 Å². The average Bonchev–Trinajstić information content (AvgIpc) is 2.66. The summed E-state index contributed by atoms with van der Waals surface area (Å²) in [5, 5.41) is 5.29. The van der Waals surface area contributed by atoms with Crippen LogP contribution in [0.4, 0.5) is 29.3 Å². The van der Waals surface area contributed by atoms with Gasteiger partial charge in [-0.15, -0.1) is 0 Å². The summed E-state index contributed by atoms with van der Waals surface area (Å²) < 4.78 is 44.1. The predicted molar refractivity (Wildman–Crippen MR) is 104 cm³/mol. The third-order valence-corrected chi connectivity index (χ3v) is 4.16. The van der Waals surface area contributed by atoms with Crippen molar-refractivity contribution in [1.82, 2.24) is 4.98 Å². The van der Waals surface area contributed by atoms with Crippen LogP contribution in [0.5, 0.6) is 11.6 Å². The molecule has 8 heteroatoms. The van der Waals surface area contributed by atoms with Crippen molar-refractivity contribution in [2.45, 2.75) is 20.0 Å². The first-order valence-corrected chi connectivity index (χ1v) is 8.68. The molecule has 0 radical (unpaired) electrons. The van der Waals surface area contributed by atoms with E-state index in [1.807, 2.05) is 26.0 Å². The standard InChI is InChI=1S/C21H18F3N3O2/c1-13-8-9-16(11-14(13)2)26-20(28)27-18-7-4-10-25-19(18)29-17-6-3-5-15(12-17)21(22,23)24/h3-12H,1-2H3,(H2,26,27,28). The van der Waals surface area contributed by atoms with Crippen LogP contribution in [0.3, 0.4) is 0 Å². The van der Waals surface area contributed by atoms with Gasteiger partial charge in [0.25, 0.3) is 0 Å². The molecule has 0 aliphatic heterocycles. The smallest absolute Gasteiger partial charge is 0.416 e. The van der Waals surface area contributed by atoms with Gasteiger partial charge in [-0.3, -0.25) is 0 Å². The molecule has 2 N–H and O–H groups in total. The minimum absolute atomic E-state index is 0.0259. The van der Waals surface area contributed by atoms with Gasteiger partial charge in [0, 0.05) is 11.9 Å². The summed E-state index contributed by atoms with van der Waals surface area (Å²) in [6, 6.07) is 12.5. The van der Waals surface area contributed by atoms with Gasteiger partial charge in [0.2, 0.25) is 5.88 Å². The number of rotatable bonds is 4. The van der Waals surface area contributed by atoms with E-state index in [-0.39, 0.29) is 17.3 Å². The summed E-state index contributed by atoms with van der Waals surface area (Å²) in [7, 11) is 0. The molecule has 0 bridgehead atoms. The molecule has 3 rings (SSSR count). The summed E-state index contributed by atoms with van der Waals surface area (Å²) in [4.78, 5) is 16.3. The second-order valence-corrected chi connectivity index (χ2v) is 6.36. The number of halogens is 3. The molecule has 0 aliphatic rings. The second-order valence-electron chi connectivity index (χ2n) is 6.36. The van der Waals surface area contributed by atoms with Crippen molar-refractivity contribution in [3.63, 3.8) is 0 Å². The van der Waals surface area contributed by atoms with E-state index in [1.54, 1.807) is 12.1 Å². The number of aromatic nitrogens is 1. The zero-order chi connectivity index (χ0) is 21.0. The number of pyridine rings is 1. The molecule has 2 aromatic carbocycles. The fraction of sp³-hybridized carbons (Fsp3) is 0.143. The van der Waals surface area contributed by atoms with Gasteiger partial charge in [-0.1, -0.05) is 12.1 Å². The number of hydrogen-bond donors (Lipinski definition) is 2. The summed E-state index contributed by atoms with van der Waals surface area (Å²) in [6.07, 6.45) is -3.08. The van der Waals surface area contributed by atoms with Crippen LogP contribution in [0.2, 0.25) is 0 Å². The lowest BCUT2D eigenvalue weighted by atomic mass is 10.1. The van der Waals surface area contributed by atoms with Gasteiger partial charge in [-0.25, -0.2) is 9.78 Å². The highest BCUT2D eigenvalue weighted by atomic mass is 19.4. The third-order valence-electron chi connectivity index (χ3n) is 4.16. The zero-order valence-corrected chi connectivity index (χ0v) is 15.7. The molecule has 3 aromatic rings. The van der Waals surface area contributed by atoms with Crippen molar-refractivity contribution in [3.05, 3.63) is 77.5 Å². The molecule has 0 spiro atoms. The summed E-state index contributed by atoms with van der Waals surface area (Å²) in [5.74, 6) is -0.0711. The van der Waals surface area contributed by atoms with Crippen molar-refractivity contribution in [3.8, 4) is 11.6 Å². The van der Waals surface area contributed by atoms with E-state index in [9.17, 15) is 18.0 Å². The van der Waals surface area contributed by atoms with Gasteiger partial charge in [0.05, 0.1) is 5.56 Å². The molecule has 0 aliphatic carbocycles. The van der Waals surface area contributed by atoms with E-state index in [1.165, 1.54) is 24.4 Å². The molecule has 29 heavy (non-hydrogen) atoms. The molecule has 0 saturated carbocycles. The fourth-order valence-corrected chi connectivity index (χ4v) is 2.52. The van der Waals surface area contributed by atoms with Crippen LogP contribution in [0.25, 0.3) is 0 Å². The van der Waals surface area contributed by atoms with Gasteiger partial charge in [0.1, 0.15) is 11.4 Å². The number of anilines is 2. The normalized spacial score (nSPS) is 11.1. The average molecular weight is 401 g/mol. The molecule has 1 aromatic heterocycles. The molecule has 1 heterocycles. The highest BCUT2D eigenvalue weighted by Crippen LogP contribution is 2.33. The second kappa shape index (κ2) is 8.22. The van der Waals surface area contributed by atoms with Gasteiger partial charge < -0.3 is 15.4 Å². The number of nitrogens with one attached hydrogen (secondary N) is 2. The minimum atomic E-state index is -4.49. The monoisotopic (exact) mass is 401 g/mol. The van der Waals surface area contributed by atoms with Crippen molar-refractivity contribution in [2.24, 2.45) is 0 Å². The zero-order valence-electron chi connectivity index (χ0n) is 15.7. The number of alkyl halides is 3. The number of hydrogen-bond acceptors (Lipinski definition) is 3. The SMILES string of the molecule is Cc1ccc(NC(=O)Nc2cccnc2Oc2cccc(C(F)(F)F)c2)cc1C. The number of nitrogens with zero attached hydrogens (tertiary/aromatic N) is 1. The number of amides is 2. The molecular formula is C21H18F3N3O2. The molecule has 0 saturated heterocycles. The molecule has 0 unspecified atom stereocenters. The number of benzene rings is 2. The van der Waals surface area contributed by atoms with Gasteiger partial charge >= 0.3 is 12.2 Å². The van der Waals surface area contributed by atoms with Crippen molar-refractivity contribution in [2.75, 3.05) is 10.6 Å². The number of carbonyl (C=O) groups is 1. The summed E-state index contributed by atoms with van der Waals surface area (Å²) in [5.41, 5.74) is 2.10. The van der Waals surface area contributed by atoms with Crippen molar-refractivity contribution < 1.29 is 22.7 Å². The Morgan fingerprint density at radius 1 is 0.966 bits per heavy atom.